The first-order valence-electron chi connectivity index (χ1n) is 7.41. The number of piperazine rings is 1. The van der Waals surface area contributed by atoms with E-state index in [1.54, 1.807) is 16.0 Å². The Morgan fingerprint density at radius 2 is 1.77 bits per heavy atom. The number of aromatic nitrogens is 2. The van der Waals surface area contributed by atoms with Crippen molar-refractivity contribution in [3.05, 3.63) is 18.1 Å². The van der Waals surface area contributed by atoms with Gasteiger partial charge in [0.05, 0.1) is 25.6 Å². The van der Waals surface area contributed by atoms with Gasteiger partial charge >= 0.3 is 0 Å². The smallest absolute Gasteiger partial charge is 0.274 e. The molecule has 0 radical (unpaired) electrons. The molecule has 0 aliphatic carbocycles. The van der Waals surface area contributed by atoms with Gasteiger partial charge in [-0.2, -0.15) is 0 Å². The van der Waals surface area contributed by atoms with E-state index in [-0.39, 0.29) is 5.91 Å². The third kappa shape index (κ3) is 3.16. The topological polar surface area (TPSA) is 78.9 Å². The van der Waals surface area contributed by atoms with Crippen molar-refractivity contribution in [2.24, 2.45) is 0 Å². The van der Waals surface area contributed by atoms with Gasteiger partial charge in [-0.1, -0.05) is 0 Å². The summed E-state index contributed by atoms with van der Waals surface area (Å²) in [5.74, 6) is 0.636. The number of ether oxygens (including phenoxy) is 1. The van der Waals surface area contributed by atoms with Crippen LogP contribution in [0.3, 0.4) is 0 Å². The van der Waals surface area contributed by atoms with Gasteiger partial charge in [-0.15, -0.1) is 0 Å². The van der Waals surface area contributed by atoms with Gasteiger partial charge in [-0.3, -0.25) is 9.59 Å². The second-order valence-electron chi connectivity index (χ2n) is 5.29. The minimum Gasteiger partial charge on any atom is -0.378 e. The Bertz CT molecular complexity index is 522. The zero-order chi connectivity index (χ0) is 15.4. The van der Waals surface area contributed by atoms with Gasteiger partial charge in [0.2, 0.25) is 6.41 Å². The summed E-state index contributed by atoms with van der Waals surface area (Å²) in [6, 6.07) is 0. The van der Waals surface area contributed by atoms with Gasteiger partial charge in [-0.05, 0) is 0 Å². The van der Waals surface area contributed by atoms with Crippen LogP contribution in [0.5, 0.6) is 0 Å². The number of nitrogens with zero attached hydrogens (tertiary/aromatic N) is 5. The molecule has 1 aromatic rings. The fraction of sp³-hybridized carbons (Fsp3) is 0.571. The van der Waals surface area contributed by atoms with Crippen molar-refractivity contribution in [2.75, 3.05) is 57.4 Å². The third-order valence-electron chi connectivity index (χ3n) is 3.94. The number of carbonyl (C=O) groups is 2. The van der Waals surface area contributed by atoms with Crippen LogP contribution in [0.2, 0.25) is 0 Å². The lowest BCUT2D eigenvalue weighted by Crippen LogP contribution is -2.46. The van der Waals surface area contributed by atoms with E-state index >= 15 is 0 Å². The first kappa shape index (κ1) is 14.7. The number of rotatable bonds is 3. The lowest BCUT2D eigenvalue weighted by molar-refractivity contribution is -0.118. The summed E-state index contributed by atoms with van der Waals surface area (Å²) in [5, 5.41) is 0. The molecule has 118 valence electrons. The highest BCUT2D eigenvalue weighted by Crippen LogP contribution is 2.13. The van der Waals surface area contributed by atoms with E-state index in [1.807, 2.05) is 0 Å². The fourth-order valence-electron chi connectivity index (χ4n) is 2.58. The van der Waals surface area contributed by atoms with Crippen LogP contribution >= 0.6 is 0 Å². The summed E-state index contributed by atoms with van der Waals surface area (Å²) in [5.41, 5.74) is 0.358. The number of amides is 2. The van der Waals surface area contributed by atoms with Crippen molar-refractivity contribution >= 4 is 18.1 Å². The highest BCUT2D eigenvalue weighted by atomic mass is 16.5. The van der Waals surface area contributed by atoms with E-state index in [0.29, 0.717) is 45.1 Å². The Morgan fingerprint density at radius 1 is 1.05 bits per heavy atom. The van der Waals surface area contributed by atoms with Crippen molar-refractivity contribution in [1.29, 1.82) is 0 Å². The number of carbonyl (C=O) groups excluding carboxylic acids is 2. The van der Waals surface area contributed by atoms with Crippen LogP contribution < -0.4 is 4.90 Å². The summed E-state index contributed by atoms with van der Waals surface area (Å²) in [7, 11) is 0. The molecular weight excluding hydrogens is 286 g/mol. The Balaban J connectivity index is 1.62. The average Bonchev–Trinajstić information content (AvgIpc) is 2.62. The minimum atomic E-state index is -0.104. The molecule has 2 aliphatic rings. The lowest BCUT2D eigenvalue weighted by atomic mass is 10.3. The monoisotopic (exact) mass is 305 g/mol. The molecule has 2 saturated heterocycles. The highest BCUT2D eigenvalue weighted by Gasteiger charge is 2.21. The summed E-state index contributed by atoms with van der Waals surface area (Å²) in [6.07, 6.45) is 4.02. The Hall–Kier alpha value is -2.22. The molecule has 0 bridgehead atoms. The van der Waals surface area contributed by atoms with E-state index in [0.717, 1.165) is 25.3 Å². The molecule has 3 rings (SSSR count). The van der Waals surface area contributed by atoms with Crippen LogP contribution in [-0.2, 0) is 9.53 Å². The summed E-state index contributed by atoms with van der Waals surface area (Å²) in [6.45, 7) is 5.13. The Labute approximate surface area is 128 Å². The molecule has 22 heavy (non-hydrogen) atoms. The predicted molar refractivity (Wildman–Crippen MR) is 78.6 cm³/mol. The van der Waals surface area contributed by atoms with Crippen LogP contribution in [0.15, 0.2) is 12.4 Å². The van der Waals surface area contributed by atoms with E-state index < -0.39 is 0 Å². The van der Waals surface area contributed by atoms with Gasteiger partial charge in [0.25, 0.3) is 5.91 Å². The first-order chi connectivity index (χ1) is 10.8. The highest BCUT2D eigenvalue weighted by molar-refractivity contribution is 5.92. The normalized spacial score (nSPS) is 19.2. The summed E-state index contributed by atoms with van der Waals surface area (Å²) < 4.78 is 5.24. The van der Waals surface area contributed by atoms with E-state index in [9.17, 15) is 9.59 Å². The summed E-state index contributed by atoms with van der Waals surface area (Å²) in [4.78, 5) is 37.1. The van der Waals surface area contributed by atoms with Gasteiger partial charge in [0.15, 0.2) is 0 Å². The molecule has 0 unspecified atom stereocenters. The maximum atomic E-state index is 12.3. The SMILES string of the molecule is O=CN1CCN(c2cnc(C(=O)N3CCOCC3)cn2)CC1. The van der Waals surface area contributed by atoms with E-state index in [2.05, 4.69) is 14.9 Å². The molecule has 2 amide bonds. The van der Waals surface area contributed by atoms with E-state index in [1.165, 1.54) is 6.20 Å². The van der Waals surface area contributed by atoms with Crippen molar-refractivity contribution in [1.82, 2.24) is 19.8 Å². The van der Waals surface area contributed by atoms with Crippen LogP contribution in [0.25, 0.3) is 0 Å². The number of hydrogen-bond acceptors (Lipinski definition) is 6. The maximum absolute atomic E-state index is 12.3. The Kier molecular flexibility index (Phi) is 4.47. The molecule has 0 spiro atoms. The molecule has 3 heterocycles. The summed E-state index contributed by atoms with van der Waals surface area (Å²) >= 11 is 0. The molecule has 0 atom stereocenters. The zero-order valence-corrected chi connectivity index (χ0v) is 12.3. The van der Waals surface area contributed by atoms with Gasteiger partial charge < -0.3 is 19.4 Å². The first-order valence-corrected chi connectivity index (χ1v) is 7.41. The Morgan fingerprint density at radius 3 is 2.36 bits per heavy atom. The second kappa shape index (κ2) is 6.69. The molecule has 8 heteroatoms. The lowest BCUT2D eigenvalue weighted by Gasteiger charge is -2.33. The van der Waals surface area contributed by atoms with Crippen LogP contribution in [-0.4, -0.2) is 84.6 Å². The van der Waals surface area contributed by atoms with E-state index in [4.69, 9.17) is 4.74 Å². The largest absolute Gasteiger partial charge is 0.378 e. The van der Waals surface area contributed by atoms with Crippen molar-refractivity contribution in [2.45, 2.75) is 0 Å². The number of hydrogen-bond donors (Lipinski definition) is 0. The van der Waals surface area contributed by atoms with Crippen LogP contribution in [0, 0.1) is 0 Å². The second-order valence-corrected chi connectivity index (χ2v) is 5.29. The zero-order valence-electron chi connectivity index (χ0n) is 12.3. The van der Waals surface area contributed by atoms with Crippen LogP contribution in [0.1, 0.15) is 10.5 Å². The maximum Gasteiger partial charge on any atom is 0.274 e. The average molecular weight is 305 g/mol. The van der Waals surface area contributed by atoms with Crippen LogP contribution in [0.4, 0.5) is 5.82 Å². The van der Waals surface area contributed by atoms with Crippen molar-refractivity contribution in [3.8, 4) is 0 Å². The van der Waals surface area contributed by atoms with Gasteiger partial charge in [-0.25, -0.2) is 9.97 Å². The fourth-order valence-corrected chi connectivity index (χ4v) is 2.58. The molecule has 0 N–H and O–H groups in total. The molecular formula is C14H19N5O3. The minimum absolute atomic E-state index is 0.104. The van der Waals surface area contributed by atoms with Crippen molar-refractivity contribution in [3.63, 3.8) is 0 Å². The standard InChI is InChI=1S/C14H19N5O3/c20-11-17-1-3-18(4-2-17)13-10-15-12(9-16-13)14(21)19-5-7-22-8-6-19/h9-11H,1-8H2. The van der Waals surface area contributed by atoms with Crippen molar-refractivity contribution < 1.29 is 14.3 Å². The predicted octanol–water partition coefficient (Wildman–Crippen LogP) is -0.773. The number of anilines is 1. The quantitative estimate of drug-likeness (QED) is 0.682. The molecule has 2 aliphatic heterocycles. The molecule has 2 fully saturated rings. The molecule has 0 aromatic carbocycles. The third-order valence-corrected chi connectivity index (χ3v) is 3.94. The number of morpholine rings is 1. The van der Waals surface area contributed by atoms with Gasteiger partial charge in [0.1, 0.15) is 11.5 Å². The molecule has 0 saturated carbocycles. The molecule has 8 nitrogen and oxygen atoms in total. The molecule has 1 aromatic heterocycles. The van der Waals surface area contributed by atoms with Gasteiger partial charge in [0, 0.05) is 39.3 Å².